The number of halogens is 6. The summed E-state index contributed by atoms with van der Waals surface area (Å²) in [5.74, 6) is 0. The highest BCUT2D eigenvalue weighted by atomic mass is 35.5. The first kappa shape index (κ1) is 21.8. The molecule has 102 valence electrons. The van der Waals surface area contributed by atoms with Crippen molar-refractivity contribution < 1.29 is 17.9 Å². The van der Waals surface area contributed by atoms with Gasteiger partial charge in [0, 0.05) is 6.04 Å². The Balaban J connectivity index is -0.000000563. The highest BCUT2D eigenvalue weighted by Gasteiger charge is 2.30. The first-order valence-corrected chi connectivity index (χ1v) is 4.41. The van der Waals surface area contributed by atoms with Crippen molar-refractivity contribution in [2.75, 3.05) is 6.61 Å². The number of hydrogen-bond acceptors (Lipinski definition) is 2. The summed E-state index contributed by atoms with van der Waals surface area (Å²) in [6, 6.07) is 0.144. The van der Waals surface area contributed by atoms with Gasteiger partial charge in [-0.25, -0.2) is 0 Å². The van der Waals surface area contributed by atoms with E-state index in [-0.39, 0.29) is 49.4 Å². The lowest BCUT2D eigenvalue weighted by Crippen LogP contribution is -2.32. The minimum Gasteiger partial charge on any atom is -0.369 e. The Morgan fingerprint density at radius 1 is 1.00 bits per heavy atom. The van der Waals surface area contributed by atoms with Crippen LogP contribution < -0.4 is 5.73 Å². The number of ether oxygens (including phenoxy) is 1. The first-order chi connectivity index (χ1) is 5.97. The molecule has 0 heterocycles. The molecule has 1 aliphatic carbocycles. The summed E-state index contributed by atoms with van der Waals surface area (Å²) < 4.78 is 39.9. The second-order valence-electron chi connectivity index (χ2n) is 3.46. The zero-order valence-electron chi connectivity index (χ0n) is 8.53. The predicted octanol–water partition coefficient (Wildman–Crippen LogP) is 3.10. The topological polar surface area (TPSA) is 35.2 Å². The standard InChI is InChI=1S/C8H14F3NO.3ClH/c9-8(10,11)5-13-7-3-1-6(12)2-4-7;;;/h6-7H,1-5,12H2;3*1H. The van der Waals surface area contributed by atoms with E-state index >= 15 is 0 Å². The summed E-state index contributed by atoms with van der Waals surface area (Å²) in [6.45, 7) is -1.13. The van der Waals surface area contributed by atoms with E-state index in [4.69, 9.17) is 10.5 Å². The summed E-state index contributed by atoms with van der Waals surface area (Å²) in [6.07, 6.45) is -1.62. The number of alkyl halides is 3. The van der Waals surface area contributed by atoms with Crippen LogP contribution >= 0.6 is 37.2 Å². The smallest absolute Gasteiger partial charge is 0.369 e. The Kier molecular flexibility index (Phi) is 13.1. The van der Waals surface area contributed by atoms with E-state index in [1.807, 2.05) is 0 Å². The molecule has 0 saturated heterocycles. The molecule has 0 bridgehead atoms. The van der Waals surface area contributed by atoms with Gasteiger partial charge in [-0.2, -0.15) is 13.2 Å². The van der Waals surface area contributed by atoms with E-state index in [0.717, 1.165) is 12.8 Å². The first-order valence-electron chi connectivity index (χ1n) is 4.41. The molecule has 0 aromatic heterocycles. The van der Waals surface area contributed by atoms with Crippen molar-refractivity contribution in [3.63, 3.8) is 0 Å². The van der Waals surface area contributed by atoms with Gasteiger partial charge in [-0.1, -0.05) is 0 Å². The number of nitrogens with two attached hydrogens (primary N) is 1. The molecular formula is C8H17Cl3F3NO. The van der Waals surface area contributed by atoms with Crippen LogP contribution in [0.5, 0.6) is 0 Å². The average Bonchev–Trinajstić information content (AvgIpc) is 2.02. The molecule has 1 aliphatic rings. The fourth-order valence-corrected chi connectivity index (χ4v) is 1.47. The summed E-state index contributed by atoms with van der Waals surface area (Å²) >= 11 is 0. The molecule has 0 amide bonds. The molecule has 0 aromatic rings. The van der Waals surface area contributed by atoms with E-state index < -0.39 is 12.8 Å². The average molecular weight is 307 g/mol. The second kappa shape index (κ2) is 9.59. The van der Waals surface area contributed by atoms with Crippen LogP contribution in [0.4, 0.5) is 13.2 Å². The van der Waals surface area contributed by atoms with Crippen molar-refractivity contribution in [3.8, 4) is 0 Å². The van der Waals surface area contributed by atoms with Crippen LogP contribution in [0, 0.1) is 0 Å². The molecule has 0 unspecified atom stereocenters. The monoisotopic (exact) mass is 305 g/mol. The van der Waals surface area contributed by atoms with Crippen LogP contribution in [-0.4, -0.2) is 24.9 Å². The van der Waals surface area contributed by atoms with E-state index in [1.54, 1.807) is 0 Å². The Bertz CT molecular complexity index is 163. The fourth-order valence-electron chi connectivity index (χ4n) is 1.47. The Hall–Kier alpha value is 0.580. The fraction of sp³-hybridized carbons (Fsp3) is 1.00. The van der Waals surface area contributed by atoms with E-state index in [1.165, 1.54) is 0 Å². The maximum Gasteiger partial charge on any atom is 0.411 e. The molecule has 0 atom stereocenters. The van der Waals surface area contributed by atoms with Crippen molar-refractivity contribution >= 4 is 37.2 Å². The zero-order chi connectivity index (χ0) is 9.90. The normalized spacial score (nSPS) is 24.8. The van der Waals surface area contributed by atoms with Crippen molar-refractivity contribution in [1.82, 2.24) is 0 Å². The van der Waals surface area contributed by atoms with Gasteiger partial charge in [-0.3, -0.25) is 0 Å². The molecule has 0 aromatic carbocycles. The van der Waals surface area contributed by atoms with Crippen molar-refractivity contribution in [2.45, 2.75) is 44.0 Å². The van der Waals surface area contributed by atoms with Crippen LogP contribution in [0.15, 0.2) is 0 Å². The van der Waals surface area contributed by atoms with Crippen molar-refractivity contribution in [1.29, 1.82) is 0 Å². The zero-order valence-corrected chi connectivity index (χ0v) is 11.0. The van der Waals surface area contributed by atoms with Gasteiger partial charge in [-0.05, 0) is 25.7 Å². The second-order valence-corrected chi connectivity index (χ2v) is 3.46. The molecule has 1 fully saturated rings. The van der Waals surface area contributed by atoms with Gasteiger partial charge in [0.1, 0.15) is 6.61 Å². The quantitative estimate of drug-likeness (QED) is 0.851. The minimum atomic E-state index is -4.21. The predicted molar refractivity (Wildman–Crippen MR) is 64.0 cm³/mol. The lowest BCUT2D eigenvalue weighted by Gasteiger charge is -2.26. The molecule has 0 radical (unpaired) electrons. The van der Waals surface area contributed by atoms with Crippen LogP contribution in [-0.2, 0) is 4.74 Å². The maximum atomic E-state index is 11.7. The summed E-state index contributed by atoms with van der Waals surface area (Å²) in [5.41, 5.74) is 5.60. The summed E-state index contributed by atoms with van der Waals surface area (Å²) in [5, 5.41) is 0. The maximum absolute atomic E-state index is 11.7. The number of hydrogen-bond donors (Lipinski definition) is 1. The van der Waals surface area contributed by atoms with Crippen LogP contribution in [0.2, 0.25) is 0 Å². The largest absolute Gasteiger partial charge is 0.411 e. The molecule has 16 heavy (non-hydrogen) atoms. The molecule has 2 nitrogen and oxygen atoms in total. The molecule has 0 aliphatic heterocycles. The van der Waals surface area contributed by atoms with Gasteiger partial charge in [-0.15, -0.1) is 37.2 Å². The summed E-state index contributed by atoms with van der Waals surface area (Å²) in [4.78, 5) is 0. The Labute approximate surface area is 112 Å². The molecular weight excluding hydrogens is 289 g/mol. The third-order valence-corrected chi connectivity index (χ3v) is 2.20. The van der Waals surface area contributed by atoms with Gasteiger partial charge in [0.15, 0.2) is 0 Å². The third kappa shape index (κ3) is 9.78. The van der Waals surface area contributed by atoms with Crippen molar-refractivity contribution in [2.24, 2.45) is 5.73 Å². The molecule has 0 spiro atoms. The minimum absolute atomic E-state index is 0. The SMILES string of the molecule is Cl.Cl.Cl.NC1CCC(OCC(F)(F)F)CC1. The van der Waals surface area contributed by atoms with Crippen LogP contribution in [0.1, 0.15) is 25.7 Å². The summed E-state index contributed by atoms with van der Waals surface area (Å²) in [7, 11) is 0. The van der Waals surface area contributed by atoms with Crippen LogP contribution in [0.3, 0.4) is 0 Å². The van der Waals surface area contributed by atoms with Gasteiger partial charge in [0.05, 0.1) is 6.10 Å². The highest BCUT2D eigenvalue weighted by Crippen LogP contribution is 2.23. The third-order valence-electron chi connectivity index (χ3n) is 2.20. The van der Waals surface area contributed by atoms with E-state index in [0.29, 0.717) is 12.8 Å². The van der Waals surface area contributed by atoms with E-state index in [2.05, 4.69) is 0 Å². The Morgan fingerprint density at radius 2 is 1.44 bits per heavy atom. The number of rotatable bonds is 2. The highest BCUT2D eigenvalue weighted by molar-refractivity contribution is 5.86. The molecule has 8 heteroatoms. The lowest BCUT2D eigenvalue weighted by molar-refractivity contribution is -0.188. The lowest BCUT2D eigenvalue weighted by atomic mass is 9.94. The van der Waals surface area contributed by atoms with Gasteiger partial charge in [0.2, 0.25) is 0 Å². The van der Waals surface area contributed by atoms with Gasteiger partial charge < -0.3 is 10.5 Å². The molecule has 2 N–H and O–H groups in total. The van der Waals surface area contributed by atoms with Gasteiger partial charge in [0.25, 0.3) is 0 Å². The Morgan fingerprint density at radius 3 is 1.81 bits per heavy atom. The molecule has 1 rings (SSSR count). The van der Waals surface area contributed by atoms with Crippen LogP contribution in [0.25, 0.3) is 0 Å². The van der Waals surface area contributed by atoms with Crippen molar-refractivity contribution in [3.05, 3.63) is 0 Å². The molecule has 1 saturated carbocycles. The van der Waals surface area contributed by atoms with E-state index in [9.17, 15) is 13.2 Å². The van der Waals surface area contributed by atoms with Gasteiger partial charge >= 0.3 is 6.18 Å².